The molecule has 0 radical (unpaired) electrons. The van der Waals surface area contributed by atoms with Gasteiger partial charge < -0.3 is 15.6 Å². The molecule has 0 saturated heterocycles. The summed E-state index contributed by atoms with van der Waals surface area (Å²) in [5.41, 5.74) is 7.10. The molecule has 0 saturated carbocycles. The van der Waals surface area contributed by atoms with Crippen LogP contribution >= 0.6 is 0 Å². The molecule has 0 aromatic heterocycles. The lowest BCUT2D eigenvalue weighted by atomic mass is 10.0. The fourth-order valence-corrected chi connectivity index (χ4v) is 1.68. The highest BCUT2D eigenvalue weighted by Gasteiger charge is 2.18. The standard InChI is InChI=1S/C12H15NO2/c13-10-6-2-1-5-9(10)12(14)11-7-3-4-8-15-11/h1-2,5-7,12,14H,3-4,8,13H2. The van der Waals surface area contributed by atoms with E-state index >= 15 is 0 Å². The SMILES string of the molecule is Nc1ccccc1C(O)C1=CCCCO1. The normalized spacial score (nSPS) is 17.8. The summed E-state index contributed by atoms with van der Waals surface area (Å²) in [6.45, 7) is 0.676. The van der Waals surface area contributed by atoms with E-state index in [2.05, 4.69) is 0 Å². The summed E-state index contributed by atoms with van der Waals surface area (Å²) in [7, 11) is 0. The van der Waals surface area contributed by atoms with Crippen LogP contribution in [-0.2, 0) is 4.74 Å². The second kappa shape index (κ2) is 4.36. The van der Waals surface area contributed by atoms with Gasteiger partial charge in [-0.1, -0.05) is 18.2 Å². The highest BCUT2D eigenvalue weighted by atomic mass is 16.5. The Morgan fingerprint density at radius 3 is 2.80 bits per heavy atom. The molecular weight excluding hydrogens is 190 g/mol. The summed E-state index contributed by atoms with van der Waals surface area (Å²) in [5.74, 6) is 0.624. The third-order valence-corrected chi connectivity index (χ3v) is 2.52. The van der Waals surface area contributed by atoms with E-state index in [1.807, 2.05) is 24.3 Å². The van der Waals surface area contributed by atoms with Crippen LogP contribution in [0.4, 0.5) is 5.69 Å². The number of benzene rings is 1. The number of para-hydroxylation sites is 1. The summed E-state index contributed by atoms with van der Waals surface area (Å²) in [5, 5.41) is 10.1. The van der Waals surface area contributed by atoms with Crippen LogP contribution < -0.4 is 5.73 Å². The van der Waals surface area contributed by atoms with Crippen LogP contribution in [0.2, 0.25) is 0 Å². The van der Waals surface area contributed by atoms with E-state index in [0.717, 1.165) is 12.8 Å². The van der Waals surface area contributed by atoms with Crippen LogP contribution in [-0.4, -0.2) is 11.7 Å². The fourth-order valence-electron chi connectivity index (χ4n) is 1.68. The van der Waals surface area contributed by atoms with Gasteiger partial charge in [0.15, 0.2) is 0 Å². The number of hydrogen-bond acceptors (Lipinski definition) is 3. The zero-order chi connectivity index (χ0) is 10.7. The van der Waals surface area contributed by atoms with E-state index in [-0.39, 0.29) is 0 Å². The minimum absolute atomic E-state index is 0.597. The van der Waals surface area contributed by atoms with Crippen LogP contribution in [0.25, 0.3) is 0 Å². The Labute approximate surface area is 89.2 Å². The molecule has 1 aliphatic heterocycles. The third kappa shape index (κ3) is 2.13. The minimum Gasteiger partial charge on any atom is -0.495 e. The van der Waals surface area contributed by atoms with Crippen LogP contribution in [0.3, 0.4) is 0 Å². The Hall–Kier alpha value is -1.48. The number of allylic oxidation sites excluding steroid dienone is 1. The number of aliphatic hydroxyl groups excluding tert-OH is 1. The van der Waals surface area contributed by atoms with E-state index in [9.17, 15) is 5.11 Å². The molecule has 1 aromatic rings. The number of rotatable bonds is 2. The predicted octanol–water partition coefficient (Wildman–Crippen LogP) is 2.00. The second-order valence-electron chi connectivity index (χ2n) is 3.63. The van der Waals surface area contributed by atoms with Gasteiger partial charge in [-0.25, -0.2) is 0 Å². The summed E-state index contributed by atoms with van der Waals surface area (Å²) in [6, 6.07) is 7.31. The molecule has 1 aromatic carbocycles. The quantitative estimate of drug-likeness (QED) is 0.726. The van der Waals surface area contributed by atoms with E-state index in [1.165, 1.54) is 0 Å². The highest BCUT2D eigenvalue weighted by molar-refractivity contribution is 5.49. The van der Waals surface area contributed by atoms with Gasteiger partial charge in [-0.3, -0.25) is 0 Å². The van der Waals surface area contributed by atoms with Gasteiger partial charge in [-0.2, -0.15) is 0 Å². The van der Waals surface area contributed by atoms with Crippen LogP contribution in [0.5, 0.6) is 0 Å². The lowest BCUT2D eigenvalue weighted by Crippen LogP contribution is -2.11. The third-order valence-electron chi connectivity index (χ3n) is 2.52. The monoisotopic (exact) mass is 205 g/mol. The number of nitrogens with two attached hydrogens (primary N) is 1. The summed E-state index contributed by atoms with van der Waals surface area (Å²) in [6.07, 6.45) is 3.17. The largest absolute Gasteiger partial charge is 0.495 e. The lowest BCUT2D eigenvalue weighted by Gasteiger charge is -2.20. The molecule has 1 heterocycles. The van der Waals surface area contributed by atoms with Crippen molar-refractivity contribution in [3.05, 3.63) is 41.7 Å². The van der Waals surface area contributed by atoms with Gasteiger partial charge in [0.1, 0.15) is 11.9 Å². The average molecular weight is 205 g/mol. The number of hydrogen-bond donors (Lipinski definition) is 2. The zero-order valence-corrected chi connectivity index (χ0v) is 8.52. The highest BCUT2D eigenvalue weighted by Crippen LogP contribution is 2.29. The first-order valence-electron chi connectivity index (χ1n) is 5.14. The van der Waals surface area contributed by atoms with Crippen molar-refractivity contribution in [2.75, 3.05) is 12.3 Å². The molecule has 80 valence electrons. The smallest absolute Gasteiger partial charge is 0.138 e. The van der Waals surface area contributed by atoms with E-state index in [1.54, 1.807) is 6.07 Å². The molecule has 3 N–H and O–H groups in total. The number of nitrogen functional groups attached to an aromatic ring is 1. The molecule has 3 heteroatoms. The Bertz CT molecular complexity index is 374. The van der Waals surface area contributed by atoms with Crippen LogP contribution in [0.15, 0.2) is 36.1 Å². The number of aliphatic hydroxyl groups is 1. The Morgan fingerprint density at radius 2 is 2.13 bits per heavy atom. The maximum absolute atomic E-state index is 10.1. The zero-order valence-electron chi connectivity index (χ0n) is 8.52. The van der Waals surface area contributed by atoms with Gasteiger partial charge in [-0.05, 0) is 25.0 Å². The van der Waals surface area contributed by atoms with Gasteiger partial charge in [0.05, 0.1) is 6.61 Å². The van der Waals surface area contributed by atoms with Crippen molar-refractivity contribution in [2.45, 2.75) is 18.9 Å². The van der Waals surface area contributed by atoms with Crippen molar-refractivity contribution >= 4 is 5.69 Å². The van der Waals surface area contributed by atoms with E-state index in [0.29, 0.717) is 23.6 Å². The molecule has 3 nitrogen and oxygen atoms in total. The summed E-state index contributed by atoms with van der Waals surface area (Å²) < 4.78 is 5.40. The van der Waals surface area contributed by atoms with Gasteiger partial charge in [0.2, 0.25) is 0 Å². The topological polar surface area (TPSA) is 55.5 Å². The lowest BCUT2D eigenvalue weighted by molar-refractivity contribution is 0.0922. The molecule has 1 aliphatic rings. The van der Waals surface area contributed by atoms with Crippen molar-refractivity contribution in [1.82, 2.24) is 0 Å². The predicted molar refractivity (Wildman–Crippen MR) is 59.1 cm³/mol. The van der Waals surface area contributed by atoms with Crippen LogP contribution in [0, 0.1) is 0 Å². The molecule has 15 heavy (non-hydrogen) atoms. The first kappa shape index (κ1) is 10.1. The Morgan fingerprint density at radius 1 is 1.33 bits per heavy atom. The first-order valence-corrected chi connectivity index (χ1v) is 5.14. The molecule has 0 spiro atoms. The van der Waals surface area contributed by atoms with Gasteiger partial charge in [0, 0.05) is 11.3 Å². The van der Waals surface area contributed by atoms with Gasteiger partial charge in [0.25, 0.3) is 0 Å². The second-order valence-corrected chi connectivity index (χ2v) is 3.63. The molecule has 0 fully saturated rings. The molecule has 0 bridgehead atoms. The van der Waals surface area contributed by atoms with E-state index in [4.69, 9.17) is 10.5 Å². The maximum Gasteiger partial charge on any atom is 0.138 e. The average Bonchev–Trinajstić information content (AvgIpc) is 2.30. The van der Waals surface area contributed by atoms with Gasteiger partial charge in [-0.15, -0.1) is 0 Å². The van der Waals surface area contributed by atoms with Crippen molar-refractivity contribution in [3.63, 3.8) is 0 Å². The summed E-state index contributed by atoms with van der Waals surface area (Å²) >= 11 is 0. The number of ether oxygens (including phenoxy) is 1. The minimum atomic E-state index is -0.730. The molecular formula is C12H15NO2. The van der Waals surface area contributed by atoms with Crippen molar-refractivity contribution in [1.29, 1.82) is 0 Å². The van der Waals surface area contributed by atoms with E-state index < -0.39 is 6.10 Å². The number of anilines is 1. The Kier molecular flexibility index (Phi) is 2.92. The molecule has 1 unspecified atom stereocenters. The Balaban J connectivity index is 2.23. The van der Waals surface area contributed by atoms with Gasteiger partial charge >= 0.3 is 0 Å². The van der Waals surface area contributed by atoms with Crippen molar-refractivity contribution in [2.24, 2.45) is 0 Å². The molecule has 2 rings (SSSR count). The van der Waals surface area contributed by atoms with Crippen molar-refractivity contribution in [3.8, 4) is 0 Å². The fraction of sp³-hybridized carbons (Fsp3) is 0.333. The van der Waals surface area contributed by atoms with Crippen LogP contribution in [0.1, 0.15) is 24.5 Å². The molecule has 1 atom stereocenters. The summed E-state index contributed by atoms with van der Waals surface area (Å²) in [4.78, 5) is 0. The first-order chi connectivity index (χ1) is 7.29. The molecule has 0 aliphatic carbocycles. The maximum atomic E-state index is 10.1. The molecule has 0 amide bonds. The van der Waals surface area contributed by atoms with Crippen molar-refractivity contribution < 1.29 is 9.84 Å².